The van der Waals surface area contributed by atoms with E-state index in [0.717, 1.165) is 6.42 Å². The Kier molecular flexibility index (Phi) is 5.40. The number of urea groups is 1. The zero-order chi connectivity index (χ0) is 13.7. The van der Waals surface area contributed by atoms with Crippen molar-refractivity contribution in [3.05, 3.63) is 0 Å². The largest absolute Gasteiger partial charge is 0.481 e. The molecule has 6 nitrogen and oxygen atoms in total. The number of aliphatic carboxylic acids is 1. The number of nitrogens with one attached hydrogen (secondary N) is 1. The monoisotopic (exact) mass is 258 g/mol. The van der Waals surface area contributed by atoms with Crippen molar-refractivity contribution in [1.82, 2.24) is 10.2 Å². The summed E-state index contributed by atoms with van der Waals surface area (Å²) in [5.74, 6) is -1.09. The molecule has 0 heterocycles. The Bertz CT molecular complexity index is 308. The van der Waals surface area contributed by atoms with E-state index in [2.05, 4.69) is 5.32 Å². The van der Waals surface area contributed by atoms with Crippen LogP contribution in [0.2, 0.25) is 0 Å². The maximum absolute atomic E-state index is 11.9. The summed E-state index contributed by atoms with van der Waals surface area (Å²) < 4.78 is 4.99. The van der Waals surface area contributed by atoms with E-state index >= 15 is 0 Å². The van der Waals surface area contributed by atoms with Crippen LogP contribution in [-0.4, -0.2) is 54.9 Å². The summed E-state index contributed by atoms with van der Waals surface area (Å²) in [6, 6.07) is -0.210. The smallest absolute Gasteiger partial charge is 0.317 e. The third-order valence-electron chi connectivity index (χ3n) is 3.50. The number of ether oxygens (including phenoxy) is 1. The van der Waals surface area contributed by atoms with Gasteiger partial charge in [0.25, 0.3) is 0 Å². The molecule has 104 valence electrons. The summed E-state index contributed by atoms with van der Waals surface area (Å²) in [5, 5.41) is 11.8. The van der Waals surface area contributed by atoms with Gasteiger partial charge in [0.15, 0.2) is 0 Å². The number of likely N-dealkylation sites (N-methyl/N-ethyl adjacent to an activating group) is 1. The molecule has 0 bridgehead atoms. The van der Waals surface area contributed by atoms with Gasteiger partial charge in [0.05, 0.1) is 18.6 Å². The minimum atomic E-state index is -0.771. The van der Waals surface area contributed by atoms with E-state index in [1.54, 1.807) is 19.1 Å². The number of hydrogen-bond acceptors (Lipinski definition) is 3. The lowest BCUT2D eigenvalue weighted by molar-refractivity contribution is -0.141. The molecule has 0 aliphatic heterocycles. The molecule has 0 radical (unpaired) electrons. The van der Waals surface area contributed by atoms with E-state index in [-0.39, 0.29) is 24.0 Å². The second-order valence-electron chi connectivity index (χ2n) is 4.91. The van der Waals surface area contributed by atoms with Crippen LogP contribution in [0.3, 0.4) is 0 Å². The third-order valence-corrected chi connectivity index (χ3v) is 3.50. The number of carboxylic acid groups (broad SMARTS) is 1. The fourth-order valence-electron chi connectivity index (χ4n) is 2.17. The summed E-state index contributed by atoms with van der Waals surface area (Å²) in [7, 11) is 3.30. The van der Waals surface area contributed by atoms with E-state index in [0.29, 0.717) is 19.4 Å². The molecule has 3 unspecified atom stereocenters. The number of carboxylic acids is 1. The fourth-order valence-corrected chi connectivity index (χ4v) is 2.17. The molecule has 3 atom stereocenters. The van der Waals surface area contributed by atoms with Crippen LogP contribution in [0.1, 0.15) is 26.2 Å². The Morgan fingerprint density at radius 3 is 2.67 bits per heavy atom. The summed E-state index contributed by atoms with van der Waals surface area (Å²) in [6.45, 7) is 2.38. The van der Waals surface area contributed by atoms with Crippen LogP contribution < -0.4 is 5.32 Å². The van der Waals surface area contributed by atoms with Crippen LogP contribution in [0, 0.1) is 5.92 Å². The molecule has 18 heavy (non-hydrogen) atoms. The third kappa shape index (κ3) is 3.87. The predicted molar refractivity (Wildman–Crippen MR) is 66.4 cm³/mol. The SMILES string of the molecule is COCC(C)N(C)C(=O)NC1CCC(C(=O)O)C1. The van der Waals surface area contributed by atoms with E-state index in [4.69, 9.17) is 9.84 Å². The number of methoxy groups -OCH3 is 1. The molecule has 0 spiro atoms. The van der Waals surface area contributed by atoms with Gasteiger partial charge in [-0.15, -0.1) is 0 Å². The first-order valence-electron chi connectivity index (χ1n) is 6.20. The molecule has 1 aliphatic rings. The summed E-state index contributed by atoms with van der Waals surface area (Å²) in [6.07, 6.45) is 1.89. The molecule has 6 heteroatoms. The van der Waals surface area contributed by atoms with Crippen LogP contribution >= 0.6 is 0 Å². The van der Waals surface area contributed by atoms with Crippen molar-refractivity contribution in [2.45, 2.75) is 38.3 Å². The predicted octanol–water partition coefficient (Wildman–Crippen LogP) is 0.916. The minimum Gasteiger partial charge on any atom is -0.481 e. The van der Waals surface area contributed by atoms with Crippen molar-refractivity contribution < 1.29 is 19.4 Å². The lowest BCUT2D eigenvalue weighted by Gasteiger charge is -2.26. The Balaban J connectivity index is 2.39. The molecule has 1 aliphatic carbocycles. The second-order valence-corrected chi connectivity index (χ2v) is 4.91. The average Bonchev–Trinajstić information content (AvgIpc) is 2.77. The molecule has 2 N–H and O–H groups in total. The van der Waals surface area contributed by atoms with Crippen LogP contribution in [0.25, 0.3) is 0 Å². The van der Waals surface area contributed by atoms with Gasteiger partial charge in [-0.25, -0.2) is 4.79 Å². The Morgan fingerprint density at radius 2 is 2.17 bits per heavy atom. The quantitative estimate of drug-likeness (QED) is 0.768. The van der Waals surface area contributed by atoms with Gasteiger partial charge < -0.3 is 20.1 Å². The van der Waals surface area contributed by atoms with Crippen LogP contribution in [0.5, 0.6) is 0 Å². The zero-order valence-corrected chi connectivity index (χ0v) is 11.2. The first-order chi connectivity index (χ1) is 8.45. The molecule has 1 fully saturated rings. The normalized spacial score (nSPS) is 24.6. The van der Waals surface area contributed by atoms with Gasteiger partial charge in [-0.1, -0.05) is 0 Å². The Hall–Kier alpha value is -1.30. The number of amides is 2. The van der Waals surface area contributed by atoms with Crippen molar-refractivity contribution in [3.8, 4) is 0 Å². The van der Waals surface area contributed by atoms with Gasteiger partial charge in [0.1, 0.15) is 0 Å². The number of carbonyl (C=O) groups is 2. The topological polar surface area (TPSA) is 78.9 Å². The van der Waals surface area contributed by atoms with Crippen molar-refractivity contribution >= 4 is 12.0 Å². The molecule has 0 saturated heterocycles. The maximum Gasteiger partial charge on any atom is 0.317 e. The first-order valence-corrected chi connectivity index (χ1v) is 6.20. The minimum absolute atomic E-state index is 0.00771. The summed E-state index contributed by atoms with van der Waals surface area (Å²) in [4.78, 5) is 24.3. The van der Waals surface area contributed by atoms with E-state index in [1.807, 2.05) is 6.92 Å². The van der Waals surface area contributed by atoms with Gasteiger partial charge in [0, 0.05) is 20.2 Å². The van der Waals surface area contributed by atoms with E-state index in [9.17, 15) is 9.59 Å². The van der Waals surface area contributed by atoms with Gasteiger partial charge in [-0.05, 0) is 26.2 Å². The number of hydrogen-bond donors (Lipinski definition) is 2. The van der Waals surface area contributed by atoms with Crippen molar-refractivity contribution in [3.63, 3.8) is 0 Å². The highest BCUT2D eigenvalue weighted by atomic mass is 16.5. The molecule has 1 rings (SSSR count). The highest BCUT2D eigenvalue weighted by Crippen LogP contribution is 2.25. The number of rotatable bonds is 5. The molecule has 0 aromatic carbocycles. The average molecular weight is 258 g/mol. The molecule has 1 saturated carbocycles. The van der Waals surface area contributed by atoms with Gasteiger partial charge in [-0.3, -0.25) is 4.79 Å². The van der Waals surface area contributed by atoms with Crippen LogP contribution in [0.4, 0.5) is 4.79 Å². The highest BCUT2D eigenvalue weighted by Gasteiger charge is 2.31. The Labute approximate surface area is 107 Å². The maximum atomic E-state index is 11.9. The summed E-state index contributed by atoms with van der Waals surface area (Å²) in [5.41, 5.74) is 0. The van der Waals surface area contributed by atoms with Crippen molar-refractivity contribution in [2.75, 3.05) is 20.8 Å². The lowest BCUT2D eigenvalue weighted by Crippen LogP contribution is -2.47. The Morgan fingerprint density at radius 1 is 1.50 bits per heavy atom. The number of nitrogens with zero attached hydrogens (tertiary/aromatic N) is 1. The molecule has 0 aromatic rings. The molecule has 0 aromatic heterocycles. The van der Waals surface area contributed by atoms with Crippen LogP contribution in [-0.2, 0) is 9.53 Å². The van der Waals surface area contributed by atoms with Crippen LogP contribution in [0.15, 0.2) is 0 Å². The van der Waals surface area contributed by atoms with E-state index < -0.39 is 5.97 Å². The standard InChI is InChI=1S/C12H22N2O4/c1-8(7-18-3)14(2)12(17)13-10-5-4-9(6-10)11(15)16/h8-10H,4-7H2,1-3H3,(H,13,17)(H,15,16). The van der Waals surface area contributed by atoms with Crippen molar-refractivity contribution in [2.24, 2.45) is 5.92 Å². The lowest BCUT2D eigenvalue weighted by atomic mass is 10.1. The van der Waals surface area contributed by atoms with Crippen molar-refractivity contribution in [1.29, 1.82) is 0 Å². The van der Waals surface area contributed by atoms with Gasteiger partial charge in [-0.2, -0.15) is 0 Å². The fraction of sp³-hybridized carbons (Fsp3) is 0.833. The first kappa shape index (κ1) is 14.8. The second kappa shape index (κ2) is 6.58. The molecule has 2 amide bonds. The highest BCUT2D eigenvalue weighted by molar-refractivity contribution is 5.75. The zero-order valence-electron chi connectivity index (χ0n) is 11.2. The van der Waals surface area contributed by atoms with E-state index in [1.165, 1.54) is 0 Å². The summed E-state index contributed by atoms with van der Waals surface area (Å²) >= 11 is 0. The molecular formula is C12H22N2O4. The number of carbonyl (C=O) groups excluding carboxylic acids is 1. The van der Waals surface area contributed by atoms with Gasteiger partial charge in [0.2, 0.25) is 0 Å². The molecular weight excluding hydrogens is 236 g/mol. The van der Waals surface area contributed by atoms with Gasteiger partial charge >= 0.3 is 12.0 Å².